The van der Waals surface area contributed by atoms with E-state index in [0.717, 1.165) is 4.31 Å². The molecule has 150 valence electrons. The highest BCUT2D eigenvalue weighted by Gasteiger charge is 2.23. The van der Waals surface area contributed by atoms with Gasteiger partial charge in [-0.2, -0.15) is 9.41 Å². The zero-order valence-corrected chi connectivity index (χ0v) is 17.9. The van der Waals surface area contributed by atoms with E-state index < -0.39 is 22.5 Å². The van der Waals surface area contributed by atoms with E-state index in [9.17, 15) is 13.2 Å². The molecule has 0 aliphatic heterocycles. The predicted molar refractivity (Wildman–Crippen MR) is 110 cm³/mol. The summed E-state index contributed by atoms with van der Waals surface area (Å²) in [5.74, 6) is -0.296. The number of ether oxygens (including phenoxy) is 1. The van der Waals surface area contributed by atoms with E-state index in [1.54, 1.807) is 18.2 Å². The maximum Gasteiger partial charge on any atom is 0.255 e. The second-order valence-corrected chi connectivity index (χ2v) is 8.73. The third-order valence-corrected chi connectivity index (χ3v) is 6.50. The Bertz CT molecular complexity index is 1010. The van der Waals surface area contributed by atoms with Gasteiger partial charge >= 0.3 is 0 Å². The molecule has 2 rings (SSSR count). The number of hydrazone groups is 1. The Morgan fingerprint density at radius 3 is 2.57 bits per heavy atom. The fraction of sp³-hybridized carbons (Fsp3) is 0.176. The Morgan fingerprint density at radius 2 is 1.93 bits per heavy atom. The maximum atomic E-state index is 12.6. The molecule has 0 aliphatic rings. The van der Waals surface area contributed by atoms with Gasteiger partial charge in [-0.1, -0.05) is 46.9 Å². The minimum absolute atomic E-state index is 0.0668. The number of methoxy groups -OCH3 is 1. The van der Waals surface area contributed by atoms with Gasteiger partial charge in [-0.3, -0.25) is 4.79 Å². The molecular weight excluding hydrogens is 449 g/mol. The van der Waals surface area contributed by atoms with Gasteiger partial charge in [0.2, 0.25) is 10.0 Å². The van der Waals surface area contributed by atoms with Crippen molar-refractivity contribution in [3.63, 3.8) is 0 Å². The van der Waals surface area contributed by atoms with Crippen molar-refractivity contribution in [3.05, 3.63) is 57.0 Å². The van der Waals surface area contributed by atoms with Gasteiger partial charge in [0.15, 0.2) is 0 Å². The highest BCUT2D eigenvalue weighted by Crippen LogP contribution is 2.28. The zero-order valence-electron chi connectivity index (χ0n) is 14.8. The molecule has 0 saturated carbocycles. The standard InChI is InChI=1S/C17H16Cl3N3O4S/c1-23(28(25,26)12-6-7-15(27-2)14(19)8-12)10-16(24)22-21-9-11-4-3-5-13(18)17(11)20/h3-9H,10H2,1-2H3,(H,22,24)/b21-9-. The molecule has 1 amide bonds. The third-order valence-electron chi connectivity index (χ3n) is 3.57. The summed E-state index contributed by atoms with van der Waals surface area (Å²) in [7, 11) is -1.24. The first-order valence-corrected chi connectivity index (χ1v) is 10.3. The van der Waals surface area contributed by atoms with Crippen LogP contribution >= 0.6 is 34.8 Å². The average Bonchev–Trinajstić information content (AvgIpc) is 2.65. The molecule has 2 aromatic rings. The van der Waals surface area contributed by atoms with Crippen molar-refractivity contribution in [1.82, 2.24) is 9.73 Å². The van der Waals surface area contributed by atoms with E-state index in [0.29, 0.717) is 21.4 Å². The number of hydrogen-bond acceptors (Lipinski definition) is 5. The fourth-order valence-corrected chi connectivity index (χ4v) is 3.94. The van der Waals surface area contributed by atoms with Gasteiger partial charge in [-0.05, 0) is 24.3 Å². The lowest BCUT2D eigenvalue weighted by molar-refractivity contribution is -0.121. The topological polar surface area (TPSA) is 88.1 Å². The van der Waals surface area contributed by atoms with Crippen molar-refractivity contribution >= 4 is 56.9 Å². The zero-order chi connectivity index (χ0) is 20.9. The molecule has 0 radical (unpaired) electrons. The minimum atomic E-state index is -3.93. The van der Waals surface area contributed by atoms with Crippen LogP contribution in [0.15, 0.2) is 46.4 Å². The molecular formula is C17H16Cl3N3O4S. The number of nitrogens with one attached hydrogen (secondary N) is 1. The molecule has 28 heavy (non-hydrogen) atoms. The Kier molecular flexibility index (Phi) is 7.68. The van der Waals surface area contributed by atoms with Crippen LogP contribution < -0.4 is 10.2 Å². The van der Waals surface area contributed by atoms with Crippen LogP contribution in [0, 0.1) is 0 Å². The summed E-state index contributed by atoms with van der Waals surface area (Å²) in [5, 5.41) is 4.54. The molecule has 0 fully saturated rings. The highest BCUT2D eigenvalue weighted by molar-refractivity contribution is 7.89. The Hall–Kier alpha value is -1.84. The molecule has 7 nitrogen and oxygen atoms in total. The maximum absolute atomic E-state index is 12.6. The summed E-state index contributed by atoms with van der Waals surface area (Å²) < 4.78 is 31.0. The molecule has 0 aromatic heterocycles. The van der Waals surface area contributed by atoms with E-state index in [4.69, 9.17) is 39.5 Å². The summed E-state index contributed by atoms with van der Waals surface area (Å²) in [5.41, 5.74) is 2.74. The van der Waals surface area contributed by atoms with Crippen LogP contribution in [0.3, 0.4) is 0 Å². The smallest absolute Gasteiger partial charge is 0.255 e. The molecule has 0 unspecified atom stereocenters. The molecule has 0 heterocycles. The van der Waals surface area contributed by atoms with Gasteiger partial charge in [0, 0.05) is 12.6 Å². The lowest BCUT2D eigenvalue weighted by Crippen LogP contribution is -2.36. The van der Waals surface area contributed by atoms with Gasteiger partial charge in [0.1, 0.15) is 5.75 Å². The minimum Gasteiger partial charge on any atom is -0.495 e. The number of halogens is 3. The first-order chi connectivity index (χ1) is 13.2. The molecule has 0 saturated heterocycles. The van der Waals surface area contributed by atoms with Gasteiger partial charge in [-0.25, -0.2) is 13.8 Å². The van der Waals surface area contributed by atoms with Crippen LogP contribution in [0.2, 0.25) is 15.1 Å². The number of rotatable bonds is 7. The quantitative estimate of drug-likeness (QED) is 0.502. The SMILES string of the molecule is COc1ccc(S(=O)(=O)N(C)CC(=O)N/N=C\c2cccc(Cl)c2Cl)cc1Cl. The number of amides is 1. The Balaban J connectivity index is 2.03. The van der Waals surface area contributed by atoms with E-state index in [1.165, 1.54) is 38.6 Å². The molecule has 0 aliphatic carbocycles. The van der Waals surface area contributed by atoms with E-state index in [2.05, 4.69) is 10.5 Å². The highest BCUT2D eigenvalue weighted by atomic mass is 35.5. The molecule has 0 bridgehead atoms. The number of carbonyl (C=O) groups is 1. The number of sulfonamides is 1. The van der Waals surface area contributed by atoms with Crippen LogP contribution in [-0.4, -0.2) is 45.5 Å². The fourth-order valence-electron chi connectivity index (χ4n) is 2.10. The summed E-state index contributed by atoms with van der Waals surface area (Å²) in [6.07, 6.45) is 1.31. The van der Waals surface area contributed by atoms with Crippen molar-refractivity contribution in [3.8, 4) is 5.75 Å². The van der Waals surface area contributed by atoms with Crippen LogP contribution in [-0.2, 0) is 14.8 Å². The van der Waals surface area contributed by atoms with E-state index >= 15 is 0 Å². The van der Waals surface area contributed by atoms with Crippen LogP contribution in [0.4, 0.5) is 0 Å². The predicted octanol–water partition coefficient (Wildman–Crippen LogP) is 3.43. The van der Waals surface area contributed by atoms with Crippen molar-refractivity contribution < 1.29 is 17.9 Å². The van der Waals surface area contributed by atoms with Crippen LogP contribution in [0.25, 0.3) is 0 Å². The molecule has 11 heteroatoms. The summed E-state index contributed by atoms with van der Waals surface area (Å²) in [6, 6.07) is 8.98. The first kappa shape index (κ1) is 22.4. The van der Waals surface area contributed by atoms with Crippen LogP contribution in [0.5, 0.6) is 5.75 Å². The number of hydrogen-bond donors (Lipinski definition) is 1. The van der Waals surface area contributed by atoms with Crippen molar-refractivity contribution in [2.75, 3.05) is 20.7 Å². The second kappa shape index (κ2) is 9.58. The van der Waals surface area contributed by atoms with Crippen molar-refractivity contribution in [1.29, 1.82) is 0 Å². The van der Waals surface area contributed by atoms with Crippen LogP contribution in [0.1, 0.15) is 5.56 Å². The molecule has 0 spiro atoms. The summed E-state index contributed by atoms with van der Waals surface area (Å²) in [6.45, 7) is -0.452. The van der Waals surface area contributed by atoms with Crippen molar-refractivity contribution in [2.45, 2.75) is 4.90 Å². The summed E-state index contributed by atoms with van der Waals surface area (Å²) >= 11 is 17.9. The number of nitrogens with zero attached hydrogens (tertiary/aromatic N) is 2. The largest absolute Gasteiger partial charge is 0.495 e. The normalized spacial score (nSPS) is 11.8. The van der Waals surface area contributed by atoms with E-state index in [1.807, 2.05) is 0 Å². The Morgan fingerprint density at radius 1 is 1.21 bits per heavy atom. The molecule has 0 atom stereocenters. The number of carbonyl (C=O) groups excluding carboxylic acids is 1. The van der Waals surface area contributed by atoms with Crippen molar-refractivity contribution in [2.24, 2.45) is 5.10 Å². The summed E-state index contributed by atoms with van der Waals surface area (Å²) in [4.78, 5) is 11.9. The lowest BCUT2D eigenvalue weighted by atomic mass is 10.2. The number of benzene rings is 2. The van der Waals surface area contributed by atoms with Gasteiger partial charge in [-0.15, -0.1) is 0 Å². The lowest BCUT2D eigenvalue weighted by Gasteiger charge is -2.16. The van der Waals surface area contributed by atoms with Gasteiger partial charge in [0.05, 0.1) is 39.8 Å². The third kappa shape index (κ3) is 5.36. The van der Waals surface area contributed by atoms with E-state index in [-0.39, 0.29) is 9.92 Å². The number of likely N-dealkylation sites (N-methyl/N-ethyl adjacent to an activating group) is 1. The van der Waals surface area contributed by atoms with Gasteiger partial charge in [0.25, 0.3) is 5.91 Å². The molecule has 1 N–H and O–H groups in total. The second-order valence-electron chi connectivity index (χ2n) is 5.49. The first-order valence-electron chi connectivity index (χ1n) is 7.72. The average molecular weight is 465 g/mol. The molecule has 2 aromatic carbocycles. The van der Waals surface area contributed by atoms with Gasteiger partial charge < -0.3 is 4.74 Å². The Labute approximate surface area is 177 Å². The monoisotopic (exact) mass is 463 g/mol.